The Morgan fingerprint density at radius 3 is 2.42 bits per heavy atom. The number of hydrogen-bond acceptors (Lipinski definition) is 3. The summed E-state index contributed by atoms with van der Waals surface area (Å²) >= 11 is 0. The van der Waals surface area contributed by atoms with Gasteiger partial charge >= 0.3 is 0 Å². The van der Waals surface area contributed by atoms with Crippen LogP contribution in [0.2, 0.25) is 0 Å². The number of likely N-dealkylation sites (tertiary alicyclic amines) is 1. The molecule has 0 radical (unpaired) electrons. The van der Waals surface area contributed by atoms with Gasteiger partial charge in [0.2, 0.25) is 0 Å². The molecule has 0 N–H and O–H groups in total. The summed E-state index contributed by atoms with van der Waals surface area (Å²) < 4.78 is 5.26. The predicted molar refractivity (Wildman–Crippen MR) is 74.2 cm³/mol. The Hall–Kier alpha value is -1.32. The number of aryl methyl sites for hydroxylation is 1. The van der Waals surface area contributed by atoms with Gasteiger partial charge < -0.3 is 9.42 Å². The van der Waals surface area contributed by atoms with Gasteiger partial charge in [-0.15, -0.1) is 0 Å². The van der Waals surface area contributed by atoms with Gasteiger partial charge in [0, 0.05) is 18.5 Å². The molecule has 1 saturated heterocycles. The summed E-state index contributed by atoms with van der Waals surface area (Å²) in [4.78, 5) is 14.6. The molecular formula is C15H24N2O2. The monoisotopic (exact) mass is 264 g/mol. The highest BCUT2D eigenvalue weighted by Crippen LogP contribution is 2.29. The lowest BCUT2D eigenvalue weighted by Gasteiger charge is -2.30. The number of nitrogens with zero attached hydrogens (tertiary/aromatic N) is 2. The van der Waals surface area contributed by atoms with Crippen LogP contribution in [0.5, 0.6) is 0 Å². The Balaban J connectivity index is 2.26. The molecule has 4 heteroatoms. The topological polar surface area (TPSA) is 46.3 Å². The molecule has 0 unspecified atom stereocenters. The number of carbonyl (C=O) groups excluding carboxylic acids is 1. The van der Waals surface area contributed by atoms with E-state index in [9.17, 15) is 4.79 Å². The Morgan fingerprint density at radius 2 is 1.89 bits per heavy atom. The number of carbonyl (C=O) groups is 1. The molecule has 0 bridgehead atoms. The maximum Gasteiger partial charge on any atom is 0.259 e. The summed E-state index contributed by atoms with van der Waals surface area (Å²) in [5, 5.41) is 4.10. The van der Waals surface area contributed by atoms with E-state index in [0.717, 1.165) is 37.5 Å². The second kappa shape index (κ2) is 4.99. The van der Waals surface area contributed by atoms with Crippen molar-refractivity contribution in [2.24, 2.45) is 5.92 Å². The Morgan fingerprint density at radius 1 is 1.32 bits per heavy atom. The van der Waals surface area contributed by atoms with E-state index < -0.39 is 0 Å². The molecule has 1 aliphatic heterocycles. The minimum Gasteiger partial charge on any atom is -0.361 e. The van der Waals surface area contributed by atoms with Crippen LogP contribution in [0.15, 0.2) is 4.52 Å². The third kappa shape index (κ3) is 2.82. The van der Waals surface area contributed by atoms with Crippen molar-refractivity contribution in [1.29, 1.82) is 0 Å². The van der Waals surface area contributed by atoms with Crippen molar-refractivity contribution in [3.05, 3.63) is 17.0 Å². The van der Waals surface area contributed by atoms with Crippen molar-refractivity contribution >= 4 is 5.91 Å². The minimum atomic E-state index is -0.175. The first kappa shape index (κ1) is 14.1. The molecule has 4 nitrogen and oxygen atoms in total. The largest absolute Gasteiger partial charge is 0.361 e. The van der Waals surface area contributed by atoms with Gasteiger partial charge in [-0.1, -0.05) is 32.9 Å². The number of hydrogen-bond donors (Lipinski definition) is 0. The normalized spacial score (nSPS) is 17.8. The van der Waals surface area contributed by atoms with Crippen LogP contribution in [-0.2, 0) is 5.41 Å². The van der Waals surface area contributed by atoms with Crippen LogP contribution in [0.4, 0.5) is 0 Å². The molecular weight excluding hydrogens is 240 g/mol. The third-order valence-corrected chi connectivity index (χ3v) is 3.86. The Bertz CT molecular complexity index is 463. The fourth-order valence-corrected chi connectivity index (χ4v) is 2.51. The fraction of sp³-hybridized carbons (Fsp3) is 0.733. The molecule has 2 rings (SSSR count). The molecule has 1 aliphatic rings. The first-order chi connectivity index (χ1) is 8.80. The zero-order valence-corrected chi connectivity index (χ0v) is 12.6. The van der Waals surface area contributed by atoms with E-state index in [1.807, 2.05) is 11.8 Å². The molecule has 19 heavy (non-hydrogen) atoms. The molecule has 0 spiro atoms. The van der Waals surface area contributed by atoms with Crippen molar-refractivity contribution in [2.75, 3.05) is 13.1 Å². The molecule has 2 heterocycles. The molecule has 1 fully saturated rings. The van der Waals surface area contributed by atoms with Gasteiger partial charge in [-0.2, -0.15) is 0 Å². The van der Waals surface area contributed by atoms with E-state index in [0.29, 0.717) is 11.3 Å². The maximum atomic E-state index is 12.7. The maximum absolute atomic E-state index is 12.7. The number of aromatic nitrogens is 1. The first-order valence-corrected chi connectivity index (χ1v) is 7.06. The summed E-state index contributed by atoms with van der Waals surface area (Å²) in [5.41, 5.74) is 1.27. The van der Waals surface area contributed by atoms with Crippen molar-refractivity contribution in [3.8, 4) is 0 Å². The molecule has 0 aromatic carbocycles. The van der Waals surface area contributed by atoms with Crippen LogP contribution >= 0.6 is 0 Å². The lowest BCUT2D eigenvalue weighted by Crippen LogP contribution is -2.39. The fourth-order valence-electron chi connectivity index (χ4n) is 2.51. The van der Waals surface area contributed by atoms with Gasteiger partial charge in [0.25, 0.3) is 5.91 Å². The smallest absolute Gasteiger partial charge is 0.259 e. The molecule has 0 aliphatic carbocycles. The summed E-state index contributed by atoms with van der Waals surface area (Å²) in [5.74, 6) is 1.43. The average Bonchev–Trinajstić information content (AvgIpc) is 2.71. The van der Waals surface area contributed by atoms with E-state index in [2.05, 4.69) is 32.9 Å². The van der Waals surface area contributed by atoms with E-state index in [4.69, 9.17) is 4.52 Å². The van der Waals surface area contributed by atoms with Crippen LogP contribution in [0, 0.1) is 12.8 Å². The van der Waals surface area contributed by atoms with Crippen LogP contribution in [0.1, 0.15) is 62.3 Å². The highest BCUT2D eigenvalue weighted by atomic mass is 16.5. The number of piperidine rings is 1. The van der Waals surface area contributed by atoms with Crippen LogP contribution in [-0.4, -0.2) is 29.1 Å². The van der Waals surface area contributed by atoms with E-state index in [1.165, 1.54) is 0 Å². The summed E-state index contributed by atoms with van der Waals surface area (Å²) in [6.45, 7) is 11.9. The van der Waals surface area contributed by atoms with E-state index in [-0.39, 0.29) is 11.3 Å². The minimum absolute atomic E-state index is 0.0792. The van der Waals surface area contributed by atoms with Gasteiger partial charge in [0.1, 0.15) is 17.0 Å². The van der Waals surface area contributed by atoms with Gasteiger partial charge in [-0.25, -0.2) is 0 Å². The van der Waals surface area contributed by atoms with Crippen LogP contribution in [0.3, 0.4) is 0 Å². The van der Waals surface area contributed by atoms with Gasteiger partial charge in [0.05, 0.1) is 0 Å². The van der Waals surface area contributed by atoms with Gasteiger partial charge in [-0.05, 0) is 25.7 Å². The average molecular weight is 264 g/mol. The molecule has 106 valence electrons. The van der Waals surface area contributed by atoms with Crippen molar-refractivity contribution < 1.29 is 9.32 Å². The molecule has 1 amide bonds. The summed E-state index contributed by atoms with van der Waals surface area (Å²) in [6, 6.07) is 0. The highest BCUT2D eigenvalue weighted by Gasteiger charge is 2.32. The quantitative estimate of drug-likeness (QED) is 0.782. The van der Waals surface area contributed by atoms with E-state index >= 15 is 0 Å². The molecule has 0 saturated carbocycles. The summed E-state index contributed by atoms with van der Waals surface area (Å²) in [7, 11) is 0. The molecule has 0 atom stereocenters. The lowest BCUT2D eigenvalue weighted by molar-refractivity contribution is 0.0693. The summed E-state index contributed by atoms with van der Waals surface area (Å²) in [6.07, 6.45) is 2.17. The predicted octanol–water partition coefficient (Wildman–Crippen LogP) is 3.15. The zero-order chi connectivity index (χ0) is 14.2. The molecule has 1 aromatic heterocycles. The third-order valence-electron chi connectivity index (χ3n) is 3.86. The van der Waals surface area contributed by atoms with Crippen LogP contribution in [0.25, 0.3) is 0 Å². The standard InChI is InChI=1S/C15H24N2O2/c1-10-6-8-17(9-7-10)14(18)12-11(2)19-16-13(12)15(3,4)5/h10H,6-9H2,1-5H3. The van der Waals surface area contributed by atoms with Crippen molar-refractivity contribution in [2.45, 2.75) is 52.9 Å². The van der Waals surface area contributed by atoms with Crippen molar-refractivity contribution in [1.82, 2.24) is 10.1 Å². The Kier molecular flexibility index (Phi) is 3.70. The van der Waals surface area contributed by atoms with Crippen LogP contribution < -0.4 is 0 Å². The second-order valence-electron chi connectivity index (χ2n) is 6.69. The van der Waals surface area contributed by atoms with Gasteiger partial charge in [-0.3, -0.25) is 4.79 Å². The second-order valence-corrected chi connectivity index (χ2v) is 6.69. The van der Waals surface area contributed by atoms with Crippen molar-refractivity contribution in [3.63, 3.8) is 0 Å². The lowest BCUT2D eigenvalue weighted by atomic mass is 9.88. The van der Waals surface area contributed by atoms with E-state index in [1.54, 1.807) is 0 Å². The highest BCUT2D eigenvalue weighted by molar-refractivity contribution is 5.96. The molecule has 1 aromatic rings. The number of rotatable bonds is 1. The zero-order valence-electron chi connectivity index (χ0n) is 12.6. The van der Waals surface area contributed by atoms with Gasteiger partial charge in [0.15, 0.2) is 0 Å². The SMILES string of the molecule is Cc1onc(C(C)(C)C)c1C(=O)N1CCC(C)CC1. The first-order valence-electron chi connectivity index (χ1n) is 7.06. The Labute approximate surface area is 115 Å². The number of amides is 1.